The van der Waals surface area contributed by atoms with Crippen molar-refractivity contribution in [2.45, 2.75) is 18.0 Å². The van der Waals surface area contributed by atoms with Gasteiger partial charge in [-0.25, -0.2) is 4.79 Å². The van der Waals surface area contributed by atoms with E-state index in [1.807, 2.05) is 0 Å². The molecule has 0 aromatic carbocycles. The van der Waals surface area contributed by atoms with Gasteiger partial charge < -0.3 is 15.3 Å². The lowest BCUT2D eigenvalue weighted by atomic mass is 10.3. The lowest BCUT2D eigenvalue weighted by Crippen LogP contribution is -2.41. The summed E-state index contributed by atoms with van der Waals surface area (Å²) in [5.41, 5.74) is 0.209. The molecule has 1 rings (SSSR count). The molecule has 0 aliphatic carbocycles. The number of carbonyl (C=O) groups is 3. The summed E-state index contributed by atoms with van der Waals surface area (Å²) in [5.74, 6) is -1.68. The lowest BCUT2D eigenvalue weighted by molar-refractivity contribution is -0.140. The van der Waals surface area contributed by atoms with Crippen molar-refractivity contribution < 1.29 is 19.5 Å². The molecule has 0 saturated heterocycles. The second-order valence-corrected chi connectivity index (χ2v) is 5.40. The van der Waals surface area contributed by atoms with Gasteiger partial charge in [0.15, 0.2) is 5.69 Å². The largest absolute Gasteiger partial charge is 0.480 e. The number of nitrogens with zero attached hydrogens (tertiary/aromatic N) is 3. The van der Waals surface area contributed by atoms with Crippen molar-refractivity contribution in [3.63, 3.8) is 0 Å². The lowest BCUT2D eigenvalue weighted by Gasteiger charge is -2.12. The maximum absolute atomic E-state index is 11.6. The van der Waals surface area contributed by atoms with Gasteiger partial charge in [-0.3, -0.25) is 9.59 Å². The van der Waals surface area contributed by atoms with Crippen LogP contribution in [0.1, 0.15) is 17.4 Å². The molecule has 21 heavy (non-hydrogen) atoms. The molecular formula is C12H16N4O4S. The average molecular weight is 312 g/mol. The number of carboxylic acid groups (broad SMARTS) is 1. The topological polar surface area (TPSA) is 112 Å². The number of rotatable bonds is 6. The fourth-order valence-electron chi connectivity index (χ4n) is 1.33. The molecule has 9 heteroatoms. The van der Waals surface area contributed by atoms with Crippen LogP contribution in [0, 0.1) is 0 Å². The average Bonchev–Trinajstić information content (AvgIpc) is 2.42. The fraction of sp³-hybridized carbons (Fsp3) is 0.417. The highest BCUT2D eigenvalue weighted by atomic mass is 32.2. The standard InChI is InChI=1S/C12H16N4O4S/c1-7(17)13-9(12(19)20)6-21-10-5-4-8(14-15-10)11(18)16(2)3/h4-5,9H,6H2,1-3H3,(H,13,17)(H,19,20)/t9-/m0/s1. The molecule has 0 bridgehead atoms. The predicted octanol–water partition coefficient (Wildman–Crippen LogP) is -0.140. The van der Waals surface area contributed by atoms with Gasteiger partial charge in [-0.15, -0.1) is 22.0 Å². The second-order valence-electron chi connectivity index (χ2n) is 4.36. The Morgan fingerprint density at radius 1 is 1.33 bits per heavy atom. The minimum absolute atomic E-state index is 0.116. The minimum atomic E-state index is -1.12. The van der Waals surface area contributed by atoms with Gasteiger partial charge in [0.2, 0.25) is 5.91 Å². The summed E-state index contributed by atoms with van der Waals surface area (Å²) in [6.45, 7) is 1.25. The fourth-order valence-corrected chi connectivity index (χ4v) is 2.16. The molecule has 0 fully saturated rings. The predicted molar refractivity (Wildman–Crippen MR) is 76.0 cm³/mol. The molecule has 2 amide bonds. The van der Waals surface area contributed by atoms with E-state index in [2.05, 4.69) is 15.5 Å². The molecule has 8 nitrogen and oxygen atoms in total. The highest BCUT2D eigenvalue weighted by molar-refractivity contribution is 7.99. The smallest absolute Gasteiger partial charge is 0.327 e. The Labute approximate surface area is 125 Å². The summed E-state index contributed by atoms with van der Waals surface area (Å²) >= 11 is 1.13. The van der Waals surface area contributed by atoms with Gasteiger partial charge in [0.05, 0.1) is 0 Å². The molecule has 0 saturated carbocycles. The maximum atomic E-state index is 11.6. The van der Waals surface area contributed by atoms with Gasteiger partial charge in [0, 0.05) is 26.8 Å². The van der Waals surface area contributed by atoms with E-state index >= 15 is 0 Å². The Bertz CT molecular complexity index is 533. The van der Waals surface area contributed by atoms with Crippen molar-refractivity contribution in [3.05, 3.63) is 17.8 Å². The first-order valence-electron chi connectivity index (χ1n) is 5.99. The van der Waals surface area contributed by atoms with E-state index in [4.69, 9.17) is 5.11 Å². The summed E-state index contributed by atoms with van der Waals surface area (Å²) < 4.78 is 0. The summed E-state index contributed by atoms with van der Waals surface area (Å²) in [5, 5.41) is 19.4. The highest BCUT2D eigenvalue weighted by Gasteiger charge is 2.19. The van der Waals surface area contributed by atoms with Crippen molar-refractivity contribution in [3.8, 4) is 0 Å². The van der Waals surface area contributed by atoms with Crippen LogP contribution in [-0.4, -0.2) is 63.9 Å². The molecule has 0 spiro atoms. The van der Waals surface area contributed by atoms with Crippen molar-refractivity contribution in [2.75, 3.05) is 19.8 Å². The van der Waals surface area contributed by atoms with Crippen molar-refractivity contribution in [1.82, 2.24) is 20.4 Å². The van der Waals surface area contributed by atoms with Gasteiger partial charge in [-0.2, -0.15) is 0 Å². The number of amides is 2. The third-order valence-corrected chi connectivity index (χ3v) is 3.35. The number of carboxylic acids is 1. The van der Waals surface area contributed by atoms with Gasteiger partial charge in [0.25, 0.3) is 5.91 Å². The highest BCUT2D eigenvalue weighted by Crippen LogP contribution is 2.15. The molecule has 2 N–H and O–H groups in total. The van der Waals surface area contributed by atoms with Crippen molar-refractivity contribution in [2.24, 2.45) is 0 Å². The van der Waals surface area contributed by atoms with Crippen LogP contribution in [0.5, 0.6) is 0 Å². The van der Waals surface area contributed by atoms with E-state index in [0.717, 1.165) is 11.8 Å². The SMILES string of the molecule is CC(=O)N[C@@H](CSc1ccc(C(=O)N(C)C)nn1)C(=O)O. The zero-order valence-electron chi connectivity index (χ0n) is 11.9. The molecule has 0 aliphatic rings. The van der Waals surface area contributed by atoms with Gasteiger partial charge >= 0.3 is 5.97 Å². The Morgan fingerprint density at radius 2 is 2.00 bits per heavy atom. The van der Waals surface area contributed by atoms with Gasteiger partial charge in [0.1, 0.15) is 11.1 Å². The molecule has 0 unspecified atom stereocenters. The van der Waals surface area contributed by atoms with Crippen LogP contribution in [0.25, 0.3) is 0 Å². The third-order valence-electron chi connectivity index (χ3n) is 2.34. The normalized spacial score (nSPS) is 11.6. The van der Waals surface area contributed by atoms with Gasteiger partial charge in [-0.1, -0.05) is 0 Å². The number of aliphatic carboxylic acids is 1. The van der Waals surface area contributed by atoms with E-state index in [9.17, 15) is 14.4 Å². The van der Waals surface area contributed by atoms with Crippen LogP contribution < -0.4 is 5.32 Å². The van der Waals surface area contributed by atoms with Crippen LogP contribution in [0.15, 0.2) is 17.2 Å². The molecular weight excluding hydrogens is 296 g/mol. The molecule has 1 heterocycles. The molecule has 0 aliphatic heterocycles. The Morgan fingerprint density at radius 3 is 2.43 bits per heavy atom. The second kappa shape index (κ2) is 7.58. The Balaban J connectivity index is 2.65. The van der Waals surface area contributed by atoms with E-state index < -0.39 is 17.9 Å². The van der Waals surface area contributed by atoms with E-state index in [1.54, 1.807) is 20.2 Å². The molecule has 1 aromatic heterocycles. The summed E-state index contributed by atoms with van der Waals surface area (Å²) in [6.07, 6.45) is 0. The summed E-state index contributed by atoms with van der Waals surface area (Å²) in [4.78, 5) is 34.9. The quantitative estimate of drug-likeness (QED) is 0.703. The molecule has 1 aromatic rings. The number of aromatic nitrogens is 2. The number of nitrogens with one attached hydrogen (secondary N) is 1. The number of hydrogen-bond acceptors (Lipinski definition) is 6. The van der Waals surface area contributed by atoms with Crippen molar-refractivity contribution in [1.29, 1.82) is 0 Å². The monoisotopic (exact) mass is 312 g/mol. The van der Waals surface area contributed by atoms with E-state index in [1.165, 1.54) is 17.9 Å². The number of thioether (sulfide) groups is 1. The molecule has 114 valence electrons. The third kappa shape index (κ3) is 5.38. The Kier molecular flexibility index (Phi) is 6.10. The van der Waals surface area contributed by atoms with Crippen LogP contribution in [0.4, 0.5) is 0 Å². The maximum Gasteiger partial charge on any atom is 0.327 e. The zero-order chi connectivity index (χ0) is 16.0. The van der Waals surface area contributed by atoms with E-state index in [-0.39, 0.29) is 17.4 Å². The number of hydrogen-bond donors (Lipinski definition) is 2. The van der Waals surface area contributed by atoms with Gasteiger partial charge in [-0.05, 0) is 12.1 Å². The zero-order valence-corrected chi connectivity index (χ0v) is 12.7. The summed E-state index contributed by atoms with van der Waals surface area (Å²) in [7, 11) is 3.22. The molecule has 0 radical (unpaired) electrons. The van der Waals surface area contributed by atoms with Crippen LogP contribution in [0.2, 0.25) is 0 Å². The first kappa shape index (κ1) is 16.9. The molecule has 1 atom stereocenters. The van der Waals surface area contributed by atoms with Crippen molar-refractivity contribution >= 4 is 29.5 Å². The van der Waals surface area contributed by atoms with Crippen LogP contribution in [0.3, 0.4) is 0 Å². The first-order valence-corrected chi connectivity index (χ1v) is 6.98. The minimum Gasteiger partial charge on any atom is -0.480 e. The van der Waals surface area contributed by atoms with Crippen LogP contribution in [-0.2, 0) is 9.59 Å². The summed E-state index contributed by atoms with van der Waals surface area (Å²) in [6, 6.07) is 2.10. The van der Waals surface area contributed by atoms with Crippen LogP contribution >= 0.6 is 11.8 Å². The Hall–Kier alpha value is -2.16. The van der Waals surface area contributed by atoms with E-state index in [0.29, 0.717) is 5.03 Å². The number of carbonyl (C=O) groups excluding carboxylic acids is 2. The first-order chi connectivity index (χ1) is 9.81.